The summed E-state index contributed by atoms with van der Waals surface area (Å²) >= 11 is 0. The van der Waals surface area contributed by atoms with Crippen molar-refractivity contribution >= 4 is 52.2 Å². The number of fused-ring (bicyclic) bond motifs is 1. The van der Waals surface area contributed by atoms with Gasteiger partial charge in [0.1, 0.15) is 29.9 Å². The van der Waals surface area contributed by atoms with E-state index in [0.717, 1.165) is 16.3 Å². The summed E-state index contributed by atoms with van der Waals surface area (Å²) in [5.41, 5.74) is 23.2. The number of carbonyl (C=O) groups excluding carboxylic acids is 5. The Morgan fingerprint density at radius 3 is 1.70 bits per heavy atom. The third-order valence-corrected chi connectivity index (χ3v) is 8.49. The number of benzene rings is 3. The van der Waals surface area contributed by atoms with Crippen LogP contribution in [-0.4, -0.2) is 90.4 Å². The van der Waals surface area contributed by atoms with Crippen molar-refractivity contribution in [2.24, 2.45) is 32.9 Å². The van der Waals surface area contributed by atoms with E-state index in [-0.39, 0.29) is 62.9 Å². The van der Waals surface area contributed by atoms with Crippen molar-refractivity contribution in [2.45, 2.75) is 62.7 Å². The van der Waals surface area contributed by atoms with Gasteiger partial charge in [-0.05, 0) is 59.7 Å². The maximum atomic E-state index is 14.1. The van der Waals surface area contributed by atoms with Crippen molar-refractivity contribution < 1.29 is 29.1 Å². The monoisotopic (exact) mass is 729 g/mol. The molecule has 1 aliphatic heterocycles. The molecule has 1 saturated heterocycles. The van der Waals surface area contributed by atoms with Crippen molar-refractivity contribution in [3.05, 3.63) is 77.9 Å². The largest absolute Gasteiger partial charge is 0.508 e. The molecule has 1 aliphatic rings. The van der Waals surface area contributed by atoms with Crippen LogP contribution in [0.15, 0.2) is 76.7 Å². The minimum atomic E-state index is -1.19. The molecule has 4 atom stereocenters. The van der Waals surface area contributed by atoms with Gasteiger partial charge in [0.2, 0.25) is 29.5 Å². The molecule has 3 aromatic carbocycles. The molecule has 1 heterocycles. The van der Waals surface area contributed by atoms with Crippen LogP contribution >= 0.6 is 0 Å². The minimum absolute atomic E-state index is 0.00775. The Balaban J connectivity index is 1.69. The van der Waals surface area contributed by atoms with Crippen molar-refractivity contribution in [3.63, 3.8) is 0 Å². The summed E-state index contributed by atoms with van der Waals surface area (Å²) < 4.78 is 0. The van der Waals surface area contributed by atoms with Gasteiger partial charge >= 0.3 is 0 Å². The fourth-order valence-corrected chi connectivity index (χ4v) is 5.79. The number of carbonyl (C=O) groups is 5. The molecule has 0 unspecified atom stereocenters. The molecule has 53 heavy (non-hydrogen) atoms. The smallest absolute Gasteiger partial charge is 0.243 e. The zero-order valence-electron chi connectivity index (χ0n) is 29.2. The molecule has 17 nitrogen and oxygen atoms in total. The highest BCUT2D eigenvalue weighted by atomic mass is 16.3. The topological polar surface area (TPSA) is 295 Å². The summed E-state index contributed by atoms with van der Waals surface area (Å²) in [5, 5.41) is 25.1. The van der Waals surface area contributed by atoms with E-state index in [9.17, 15) is 29.1 Å². The maximum Gasteiger partial charge on any atom is 0.243 e. The summed E-state index contributed by atoms with van der Waals surface area (Å²) in [6, 6.07) is 14.7. The lowest BCUT2D eigenvalue weighted by molar-refractivity contribution is -0.134. The van der Waals surface area contributed by atoms with Gasteiger partial charge < -0.3 is 54.6 Å². The second-order valence-electron chi connectivity index (χ2n) is 12.7. The van der Waals surface area contributed by atoms with Gasteiger partial charge in [-0.1, -0.05) is 54.6 Å². The van der Waals surface area contributed by atoms with Gasteiger partial charge in [-0.15, -0.1) is 0 Å². The predicted molar refractivity (Wildman–Crippen MR) is 200 cm³/mol. The number of nitrogens with two attached hydrogens (primary N) is 4. The Hall–Kier alpha value is -6.39. The van der Waals surface area contributed by atoms with E-state index in [1.807, 2.05) is 42.5 Å². The highest BCUT2D eigenvalue weighted by Crippen LogP contribution is 2.18. The second kappa shape index (κ2) is 19.3. The molecule has 0 bridgehead atoms. The molecule has 0 spiro atoms. The summed E-state index contributed by atoms with van der Waals surface area (Å²) in [6.45, 7) is -0.182. The molecule has 0 saturated carbocycles. The lowest BCUT2D eigenvalue weighted by Gasteiger charge is -2.26. The first-order chi connectivity index (χ1) is 25.4. The number of aliphatic imine (C=N–C) groups is 2. The lowest BCUT2D eigenvalue weighted by atomic mass is 9.99. The molecule has 5 amide bonds. The van der Waals surface area contributed by atoms with E-state index >= 15 is 0 Å². The van der Waals surface area contributed by atoms with E-state index in [4.69, 9.17) is 22.9 Å². The van der Waals surface area contributed by atoms with Gasteiger partial charge in [0.15, 0.2) is 11.9 Å². The SMILES string of the molecule is NC(N)=NCCC[C@H]1NC(=O)CNC(=O)[C@@H](Cc2ccc(O)cc2)NC(=O)[C@@H](CCCN=C(N)N)NC(=O)[C@H](Cc2ccc3ccccc3c2)NC1=O. The maximum absolute atomic E-state index is 14.1. The van der Waals surface area contributed by atoms with Crippen LogP contribution in [-0.2, 0) is 36.8 Å². The van der Waals surface area contributed by atoms with Gasteiger partial charge in [-0.25, -0.2) is 0 Å². The molecule has 3 aromatic rings. The summed E-state index contributed by atoms with van der Waals surface area (Å²) in [4.78, 5) is 76.4. The normalized spacial score (nSPS) is 20.0. The highest BCUT2D eigenvalue weighted by Gasteiger charge is 2.32. The number of phenols is 1. The van der Waals surface area contributed by atoms with E-state index in [2.05, 4.69) is 36.6 Å². The van der Waals surface area contributed by atoms with Gasteiger partial charge in [0.25, 0.3) is 0 Å². The van der Waals surface area contributed by atoms with E-state index in [1.165, 1.54) is 12.1 Å². The molecule has 17 heteroatoms. The number of nitrogens with one attached hydrogen (secondary N) is 5. The van der Waals surface area contributed by atoms with Crippen molar-refractivity contribution in [1.82, 2.24) is 26.6 Å². The number of aromatic hydroxyl groups is 1. The number of hydrogen-bond donors (Lipinski definition) is 10. The second-order valence-corrected chi connectivity index (χ2v) is 12.7. The Morgan fingerprint density at radius 2 is 1.09 bits per heavy atom. The first-order valence-electron chi connectivity index (χ1n) is 17.2. The number of nitrogens with zero attached hydrogens (tertiary/aromatic N) is 2. The van der Waals surface area contributed by atoms with Crippen LogP contribution < -0.4 is 49.5 Å². The summed E-state index contributed by atoms with van der Waals surface area (Å²) in [7, 11) is 0. The van der Waals surface area contributed by atoms with Gasteiger partial charge in [-0.2, -0.15) is 0 Å². The molecule has 0 aliphatic carbocycles. The number of amides is 5. The Bertz CT molecular complexity index is 1820. The first-order valence-corrected chi connectivity index (χ1v) is 17.2. The average Bonchev–Trinajstić information content (AvgIpc) is 3.12. The summed E-state index contributed by atoms with van der Waals surface area (Å²) in [5.74, 6) is -3.65. The number of hydrogen-bond acceptors (Lipinski definition) is 8. The van der Waals surface area contributed by atoms with Crippen molar-refractivity contribution in [1.29, 1.82) is 0 Å². The number of rotatable bonds is 12. The third kappa shape index (κ3) is 12.7. The standard InChI is InChI=1S/C36H47N11O6/c37-35(38)41-15-3-7-26-32(51)47-29(19-22-9-12-23-5-1-2-6-24(23)17-22)34(53)45-27(8-4-16-42-36(39)40)33(52)46-28(31(50)43-20-30(49)44-26)18-21-10-13-25(48)14-11-21/h1-2,5-6,9-14,17,26-29,48H,3-4,7-8,15-16,18-20H2,(H,43,50)(H,44,49)(H,45,53)(H,46,52)(H,47,51)(H4,37,38,41)(H4,39,40,42)/t26-,27-,28-,29+/m1/s1. The fourth-order valence-electron chi connectivity index (χ4n) is 5.79. The van der Waals surface area contributed by atoms with Crippen molar-refractivity contribution in [2.75, 3.05) is 19.6 Å². The zero-order valence-corrected chi connectivity index (χ0v) is 29.2. The highest BCUT2D eigenvalue weighted by molar-refractivity contribution is 5.97. The minimum Gasteiger partial charge on any atom is -0.508 e. The van der Waals surface area contributed by atoms with Crippen LogP contribution in [0.1, 0.15) is 36.8 Å². The van der Waals surface area contributed by atoms with Crippen LogP contribution in [0.2, 0.25) is 0 Å². The molecule has 14 N–H and O–H groups in total. The third-order valence-electron chi connectivity index (χ3n) is 8.49. The quantitative estimate of drug-likeness (QED) is 0.0585. The average molecular weight is 730 g/mol. The molecule has 0 radical (unpaired) electrons. The van der Waals surface area contributed by atoms with Crippen LogP contribution in [0.4, 0.5) is 0 Å². The fraction of sp³-hybridized carbons (Fsp3) is 0.361. The molecule has 4 rings (SSSR count). The van der Waals surface area contributed by atoms with Gasteiger partial charge in [0, 0.05) is 25.9 Å². The van der Waals surface area contributed by atoms with Crippen LogP contribution in [0, 0.1) is 0 Å². The predicted octanol–water partition coefficient (Wildman–Crippen LogP) is -1.49. The number of phenolic OH excluding ortho intramolecular Hbond substituents is 1. The van der Waals surface area contributed by atoms with Gasteiger partial charge in [-0.3, -0.25) is 34.0 Å². The first kappa shape index (κ1) is 39.4. The molecular formula is C36H47N11O6. The Morgan fingerprint density at radius 1 is 0.604 bits per heavy atom. The van der Waals surface area contributed by atoms with E-state index in [0.29, 0.717) is 12.0 Å². The van der Waals surface area contributed by atoms with Crippen molar-refractivity contribution in [3.8, 4) is 5.75 Å². The summed E-state index contributed by atoms with van der Waals surface area (Å²) in [6.07, 6.45) is 0.795. The zero-order chi connectivity index (χ0) is 38.3. The van der Waals surface area contributed by atoms with Crippen LogP contribution in [0.5, 0.6) is 5.75 Å². The number of guanidine groups is 2. The molecular weight excluding hydrogens is 682 g/mol. The van der Waals surface area contributed by atoms with E-state index < -0.39 is 60.2 Å². The van der Waals surface area contributed by atoms with Crippen LogP contribution in [0.3, 0.4) is 0 Å². The van der Waals surface area contributed by atoms with Crippen LogP contribution in [0.25, 0.3) is 10.8 Å². The molecule has 282 valence electrons. The Kier molecular flexibility index (Phi) is 14.3. The van der Waals surface area contributed by atoms with Gasteiger partial charge in [0.05, 0.1) is 6.54 Å². The Labute approximate surface area is 306 Å². The molecule has 1 fully saturated rings. The molecule has 0 aromatic heterocycles. The van der Waals surface area contributed by atoms with E-state index in [1.54, 1.807) is 12.1 Å². The lowest BCUT2D eigenvalue weighted by Crippen LogP contribution is -2.58.